The number of amides is 1. The number of rotatable bonds is 8. The highest BCUT2D eigenvalue weighted by molar-refractivity contribution is 6.06. The van der Waals surface area contributed by atoms with Crippen LogP contribution in [0.2, 0.25) is 0 Å². The Morgan fingerprint density at radius 2 is 1.97 bits per heavy atom. The first-order valence-corrected chi connectivity index (χ1v) is 11.7. The Morgan fingerprint density at radius 3 is 2.67 bits per heavy atom. The minimum Gasteiger partial charge on any atom is -0.488 e. The summed E-state index contributed by atoms with van der Waals surface area (Å²) < 4.78 is 50.6. The molecule has 1 aliphatic heterocycles. The van der Waals surface area contributed by atoms with Crippen molar-refractivity contribution in [1.82, 2.24) is 19.2 Å². The van der Waals surface area contributed by atoms with E-state index < -0.39 is 29.9 Å². The quantitative estimate of drug-likeness (QED) is 0.502. The van der Waals surface area contributed by atoms with Crippen LogP contribution in [0.3, 0.4) is 0 Å². The van der Waals surface area contributed by atoms with E-state index in [9.17, 15) is 18.4 Å². The van der Waals surface area contributed by atoms with E-state index in [-0.39, 0.29) is 28.3 Å². The molecule has 0 radical (unpaired) electrons. The van der Waals surface area contributed by atoms with E-state index in [1.807, 2.05) is 19.0 Å². The maximum Gasteiger partial charge on any atom is 0.350 e. The van der Waals surface area contributed by atoms with Crippen LogP contribution < -0.4 is 15.7 Å². The zero-order valence-corrected chi connectivity index (χ0v) is 20.3. The van der Waals surface area contributed by atoms with Crippen LogP contribution in [0.15, 0.2) is 41.2 Å². The number of hydrogen-bond donors (Lipinski definition) is 1. The maximum absolute atomic E-state index is 15.3. The Kier molecular flexibility index (Phi) is 7.48. The van der Waals surface area contributed by atoms with Crippen molar-refractivity contribution in [3.05, 3.63) is 69.7 Å². The number of carbonyl (C=O) groups excluding carboxylic acids is 1. The van der Waals surface area contributed by atoms with E-state index in [1.165, 1.54) is 34.9 Å². The molecule has 0 saturated carbocycles. The molecule has 1 amide bonds. The number of para-hydroxylation sites is 1. The van der Waals surface area contributed by atoms with E-state index in [1.54, 1.807) is 6.92 Å². The number of likely N-dealkylation sites (N-methyl/N-ethyl adjacent to an activating group) is 1. The summed E-state index contributed by atoms with van der Waals surface area (Å²) >= 11 is 0. The molecule has 0 aliphatic carbocycles. The third-order valence-electron chi connectivity index (χ3n) is 5.89. The van der Waals surface area contributed by atoms with Crippen molar-refractivity contribution < 1.29 is 22.7 Å². The predicted octanol–water partition coefficient (Wildman–Crippen LogP) is 4.03. The van der Waals surface area contributed by atoms with Crippen LogP contribution in [-0.2, 0) is 13.0 Å². The van der Waals surface area contributed by atoms with E-state index in [2.05, 4.69) is 10.4 Å². The summed E-state index contributed by atoms with van der Waals surface area (Å²) in [6, 6.07) is 7.69. The number of aromatic nitrogens is 3. The first kappa shape index (κ1) is 25.5. The lowest BCUT2D eigenvalue weighted by Crippen LogP contribution is -2.29. The molecular formula is C25H28F3N5O3. The highest BCUT2D eigenvalue weighted by Gasteiger charge is 2.25. The second-order valence-electron chi connectivity index (χ2n) is 9.05. The van der Waals surface area contributed by atoms with Gasteiger partial charge in [-0.25, -0.2) is 18.0 Å². The Hall–Kier alpha value is -3.60. The number of fused-ring (bicyclic) bond motifs is 1. The number of ether oxygens (including phenoxy) is 1. The topological polar surface area (TPSA) is 81.4 Å². The molecule has 1 aromatic heterocycles. The first-order chi connectivity index (χ1) is 17.2. The molecule has 3 aromatic rings. The monoisotopic (exact) mass is 503 g/mol. The van der Waals surface area contributed by atoms with Gasteiger partial charge in [-0.3, -0.25) is 9.36 Å². The molecule has 0 unspecified atom stereocenters. The van der Waals surface area contributed by atoms with Crippen LogP contribution >= 0.6 is 0 Å². The zero-order valence-electron chi connectivity index (χ0n) is 20.3. The number of aryl methyl sites for hydroxylation is 1. The molecule has 1 atom stereocenters. The number of alkyl halides is 2. The Morgan fingerprint density at radius 1 is 1.22 bits per heavy atom. The van der Waals surface area contributed by atoms with E-state index in [0.29, 0.717) is 25.3 Å². The minimum atomic E-state index is -2.81. The molecule has 0 bridgehead atoms. The van der Waals surface area contributed by atoms with Crippen LogP contribution in [0, 0.1) is 5.82 Å². The molecule has 0 saturated heterocycles. The third-order valence-corrected chi connectivity index (χ3v) is 5.89. The second kappa shape index (κ2) is 10.6. The number of hydrogen-bond acceptors (Lipinski definition) is 5. The van der Waals surface area contributed by atoms with Gasteiger partial charge in [0.15, 0.2) is 0 Å². The molecule has 0 fully saturated rings. The van der Waals surface area contributed by atoms with Crippen LogP contribution in [0.1, 0.15) is 47.9 Å². The molecule has 0 spiro atoms. The standard InChI is InChI=1S/C25H28F3N5O3/c1-15(14-31(2)3)36-21-13-20(33-25(35)32-11-7-6-10-22(32)30-33)18(26)12-17(21)24(34)29-19-9-5-4-8-16(19)23(27)28/h4-5,8-9,12-13,15,23H,6-7,10-11,14H2,1-3H3,(H,29,34)/t15-/m0/s1. The molecule has 2 heterocycles. The van der Waals surface area contributed by atoms with Gasteiger partial charge in [-0.15, -0.1) is 5.10 Å². The van der Waals surface area contributed by atoms with E-state index >= 15 is 4.39 Å². The number of nitrogens with one attached hydrogen (secondary N) is 1. The summed E-state index contributed by atoms with van der Waals surface area (Å²) in [5, 5.41) is 6.74. The minimum absolute atomic E-state index is 0.00523. The number of anilines is 1. The SMILES string of the molecule is C[C@@H](CN(C)C)Oc1cc(-n2nc3n(c2=O)CCCC3)c(F)cc1C(=O)Nc1ccccc1C(F)F. The van der Waals surface area contributed by atoms with Crippen molar-refractivity contribution in [3.8, 4) is 11.4 Å². The molecule has 11 heteroatoms. The third kappa shape index (κ3) is 5.30. The highest BCUT2D eigenvalue weighted by atomic mass is 19.3. The van der Waals surface area contributed by atoms with E-state index in [0.717, 1.165) is 23.6 Å². The zero-order chi connectivity index (χ0) is 26.0. The summed E-state index contributed by atoms with van der Waals surface area (Å²) in [7, 11) is 3.69. The molecule has 36 heavy (non-hydrogen) atoms. The molecule has 8 nitrogen and oxygen atoms in total. The number of halogens is 3. The molecule has 4 rings (SSSR count). The average molecular weight is 504 g/mol. The Labute approximate surface area is 206 Å². The summed E-state index contributed by atoms with van der Waals surface area (Å²) in [6.45, 7) is 2.77. The lowest BCUT2D eigenvalue weighted by Gasteiger charge is -2.21. The van der Waals surface area contributed by atoms with Crippen molar-refractivity contribution in [3.63, 3.8) is 0 Å². The van der Waals surface area contributed by atoms with Gasteiger partial charge < -0.3 is 15.0 Å². The fourth-order valence-electron chi connectivity index (χ4n) is 4.30. The van der Waals surface area contributed by atoms with Gasteiger partial charge in [-0.1, -0.05) is 18.2 Å². The smallest absolute Gasteiger partial charge is 0.350 e. The van der Waals surface area contributed by atoms with Crippen LogP contribution in [0.25, 0.3) is 5.69 Å². The Bertz CT molecular complexity index is 1320. The normalized spacial score (nSPS) is 14.1. The van der Waals surface area contributed by atoms with Gasteiger partial charge in [0.1, 0.15) is 29.2 Å². The van der Waals surface area contributed by atoms with E-state index in [4.69, 9.17) is 4.74 Å². The predicted molar refractivity (Wildman–Crippen MR) is 129 cm³/mol. The summed E-state index contributed by atoms with van der Waals surface area (Å²) in [5.41, 5.74) is -1.27. The van der Waals surface area contributed by atoms with Crippen LogP contribution in [0.4, 0.5) is 18.9 Å². The second-order valence-corrected chi connectivity index (χ2v) is 9.05. The van der Waals surface area contributed by atoms with Gasteiger partial charge in [0.05, 0.1) is 5.56 Å². The number of benzene rings is 2. The van der Waals surface area contributed by atoms with Gasteiger partial charge in [0, 0.05) is 36.8 Å². The molecular weight excluding hydrogens is 475 g/mol. The molecule has 192 valence electrons. The summed E-state index contributed by atoms with van der Waals surface area (Å²) in [5.74, 6) is -1.12. The Balaban J connectivity index is 1.76. The molecule has 1 aliphatic rings. The van der Waals surface area contributed by atoms with Crippen molar-refractivity contribution in [2.75, 3.05) is 26.0 Å². The van der Waals surface area contributed by atoms with Gasteiger partial charge in [0.2, 0.25) is 0 Å². The van der Waals surface area contributed by atoms with Gasteiger partial charge in [-0.05, 0) is 46.0 Å². The molecule has 1 N–H and O–H groups in total. The summed E-state index contributed by atoms with van der Waals surface area (Å²) in [4.78, 5) is 27.9. The van der Waals surface area contributed by atoms with Crippen molar-refractivity contribution in [1.29, 1.82) is 0 Å². The fraction of sp³-hybridized carbons (Fsp3) is 0.400. The largest absolute Gasteiger partial charge is 0.488 e. The van der Waals surface area contributed by atoms with Gasteiger partial charge in [0.25, 0.3) is 12.3 Å². The van der Waals surface area contributed by atoms with Crippen LogP contribution in [0.5, 0.6) is 5.75 Å². The van der Waals surface area contributed by atoms with Gasteiger partial charge in [-0.2, -0.15) is 4.68 Å². The number of carbonyl (C=O) groups is 1. The number of nitrogens with zero attached hydrogens (tertiary/aromatic N) is 4. The van der Waals surface area contributed by atoms with Crippen molar-refractivity contribution in [2.24, 2.45) is 0 Å². The summed E-state index contributed by atoms with van der Waals surface area (Å²) in [6.07, 6.45) is -0.900. The maximum atomic E-state index is 15.3. The average Bonchev–Trinajstić information content (AvgIpc) is 3.16. The highest BCUT2D eigenvalue weighted by Crippen LogP contribution is 2.30. The fourth-order valence-corrected chi connectivity index (χ4v) is 4.30. The first-order valence-electron chi connectivity index (χ1n) is 11.7. The lowest BCUT2D eigenvalue weighted by molar-refractivity contribution is 0.101. The lowest BCUT2D eigenvalue weighted by atomic mass is 10.1. The van der Waals surface area contributed by atoms with Gasteiger partial charge >= 0.3 is 5.69 Å². The van der Waals surface area contributed by atoms with Crippen molar-refractivity contribution in [2.45, 2.75) is 45.3 Å². The van der Waals surface area contributed by atoms with Crippen LogP contribution in [-0.4, -0.2) is 51.9 Å². The molecule has 2 aromatic carbocycles. The van der Waals surface area contributed by atoms with Crippen molar-refractivity contribution >= 4 is 11.6 Å².